The Hall–Kier alpha value is -3.71. The number of fused-ring (bicyclic) bond motifs is 1. The van der Waals surface area contributed by atoms with Gasteiger partial charge in [0.05, 0.1) is 38.2 Å². The molecule has 1 saturated heterocycles. The fourth-order valence-electron chi connectivity index (χ4n) is 4.69. The van der Waals surface area contributed by atoms with E-state index in [1.165, 1.54) is 41.2 Å². The first-order chi connectivity index (χ1) is 18.7. The highest BCUT2D eigenvalue weighted by atomic mass is 19.4. The number of benzene rings is 1. The third-order valence-corrected chi connectivity index (χ3v) is 6.69. The summed E-state index contributed by atoms with van der Waals surface area (Å²) >= 11 is 0. The second kappa shape index (κ2) is 12.4. The summed E-state index contributed by atoms with van der Waals surface area (Å²) in [6, 6.07) is 10.1. The van der Waals surface area contributed by atoms with Gasteiger partial charge in [-0.25, -0.2) is 4.98 Å². The van der Waals surface area contributed by atoms with Crippen molar-refractivity contribution in [2.45, 2.75) is 44.3 Å². The number of methoxy groups -OCH3 is 1. The lowest BCUT2D eigenvalue weighted by molar-refractivity contribution is -0.153. The van der Waals surface area contributed by atoms with Crippen LogP contribution in [0, 0.1) is 0 Å². The average molecular weight is 549 g/mol. The highest BCUT2D eigenvalue weighted by molar-refractivity contribution is 5.48. The zero-order valence-electron chi connectivity index (χ0n) is 21.7. The Morgan fingerprint density at radius 1 is 1.18 bits per heavy atom. The minimum atomic E-state index is -4.47. The van der Waals surface area contributed by atoms with E-state index < -0.39 is 18.3 Å². The Bertz CT molecular complexity index is 1320. The molecule has 0 amide bonds. The molecule has 0 spiro atoms. The van der Waals surface area contributed by atoms with E-state index in [1.807, 2.05) is 42.2 Å². The Morgan fingerprint density at radius 2 is 1.95 bits per heavy atom. The van der Waals surface area contributed by atoms with Gasteiger partial charge in [-0.3, -0.25) is 14.2 Å². The normalized spacial score (nSPS) is 20.0. The molecule has 3 atom stereocenters. The third-order valence-electron chi connectivity index (χ3n) is 6.69. The van der Waals surface area contributed by atoms with Crippen molar-refractivity contribution in [1.82, 2.24) is 19.5 Å². The first kappa shape index (κ1) is 28.3. The lowest BCUT2D eigenvalue weighted by atomic mass is 10.1. The second-order valence-corrected chi connectivity index (χ2v) is 9.26. The van der Waals surface area contributed by atoms with Crippen LogP contribution < -0.4 is 20.9 Å². The molecule has 2 aromatic heterocycles. The van der Waals surface area contributed by atoms with Crippen molar-refractivity contribution < 1.29 is 22.6 Å². The number of halogens is 3. The molecule has 0 aliphatic carbocycles. The van der Waals surface area contributed by atoms with Crippen LogP contribution in [0.5, 0.6) is 0 Å². The number of aromatic nitrogens is 4. The van der Waals surface area contributed by atoms with Gasteiger partial charge in [0.15, 0.2) is 0 Å². The lowest BCUT2D eigenvalue weighted by Gasteiger charge is -2.41. The molecule has 4 heterocycles. The fraction of sp³-hybridized carbons (Fsp3) is 0.462. The Balaban J connectivity index is 0.000000438. The molecule has 2 aliphatic rings. The van der Waals surface area contributed by atoms with Crippen molar-refractivity contribution in [3.8, 4) is 0 Å². The van der Waals surface area contributed by atoms with E-state index in [-0.39, 0.29) is 42.6 Å². The van der Waals surface area contributed by atoms with E-state index in [2.05, 4.69) is 15.0 Å². The van der Waals surface area contributed by atoms with E-state index >= 15 is 0 Å². The molecular formula is C26H31F3N6O4. The van der Waals surface area contributed by atoms with Gasteiger partial charge in [0.1, 0.15) is 11.9 Å². The zero-order valence-corrected chi connectivity index (χ0v) is 21.7. The molecule has 1 fully saturated rings. The molecule has 0 saturated carbocycles. The molecular weight excluding hydrogens is 517 g/mol. The van der Waals surface area contributed by atoms with Gasteiger partial charge in [-0.1, -0.05) is 30.3 Å². The number of nitrogens with zero attached hydrogens (tertiary/aromatic N) is 5. The van der Waals surface area contributed by atoms with Crippen molar-refractivity contribution in [2.75, 3.05) is 43.2 Å². The summed E-state index contributed by atoms with van der Waals surface area (Å²) in [4.78, 5) is 36.7. The van der Waals surface area contributed by atoms with E-state index in [4.69, 9.17) is 9.47 Å². The van der Waals surface area contributed by atoms with Crippen molar-refractivity contribution in [2.24, 2.45) is 0 Å². The van der Waals surface area contributed by atoms with Crippen LogP contribution in [0.3, 0.4) is 0 Å². The van der Waals surface area contributed by atoms with E-state index in [9.17, 15) is 22.8 Å². The van der Waals surface area contributed by atoms with E-state index in [0.29, 0.717) is 25.6 Å². The molecule has 0 radical (unpaired) electrons. The molecule has 39 heavy (non-hydrogen) atoms. The third kappa shape index (κ3) is 6.84. The number of anilines is 2. The number of aromatic amines is 1. The number of H-pyrrole nitrogens is 1. The second-order valence-electron chi connectivity index (χ2n) is 9.26. The molecule has 0 bridgehead atoms. The van der Waals surface area contributed by atoms with Crippen molar-refractivity contribution >= 4 is 11.8 Å². The van der Waals surface area contributed by atoms with Gasteiger partial charge in [-0.15, -0.1) is 0 Å². The van der Waals surface area contributed by atoms with Gasteiger partial charge >= 0.3 is 6.18 Å². The van der Waals surface area contributed by atoms with Crippen LogP contribution >= 0.6 is 0 Å². The minimum Gasteiger partial charge on any atom is -0.377 e. The first-order valence-corrected chi connectivity index (χ1v) is 12.5. The minimum absolute atomic E-state index is 0.0257. The first-order valence-electron chi connectivity index (χ1n) is 12.5. The molecule has 10 nitrogen and oxygen atoms in total. The number of alkyl halides is 3. The van der Waals surface area contributed by atoms with Gasteiger partial charge in [-0.2, -0.15) is 18.2 Å². The van der Waals surface area contributed by atoms with Crippen molar-refractivity contribution in [1.29, 1.82) is 0 Å². The summed E-state index contributed by atoms with van der Waals surface area (Å²) in [5.41, 5.74) is 0.284. The monoisotopic (exact) mass is 548 g/mol. The summed E-state index contributed by atoms with van der Waals surface area (Å²) in [5.74, 6) is 0.399. The molecule has 1 N–H and O–H groups in total. The number of nitrogens with one attached hydrogen (secondary N) is 1. The number of hydrogen-bond acceptors (Lipinski definition) is 8. The van der Waals surface area contributed by atoms with Crippen LogP contribution in [-0.2, 0) is 16.0 Å². The summed E-state index contributed by atoms with van der Waals surface area (Å²) in [6.07, 6.45) is -2.52. The molecule has 0 unspecified atom stereocenters. The number of morpholine rings is 1. The number of rotatable bonds is 5. The SMILES string of the molecule is CO[C@H](CN1c2nc(N3CCOC[C@H]3C)cc(=O)n2CC[C@H]1C(F)(F)F)c1ccccc1.O=c1ccnc[nH]1. The Labute approximate surface area is 223 Å². The van der Waals surface area contributed by atoms with Crippen LogP contribution in [-0.4, -0.2) is 71.2 Å². The van der Waals surface area contributed by atoms with Gasteiger partial charge < -0.3 is 24.3 Å². The van der Waals surface area contributed by atoms with E-state index in [0.717, 1.165) is 5.56 Å². The molecule has 13 heteroatoms. The van der Waals surface area contributed by atoms with Crippen molar-refractivity contribution in [3.63, 3.8) is 0 Å². The van der Waals surface area contributed by atoms with Gasteiger partial charge in [0.2, 0.25) is 5.95 Å². The largest absolute Gasteiger partial charge is 0.408 e. The highest BCUT2D eigenvalue weighted by Gasteiger charge is 2.47. The molecule has 1 aromatic carbocycles. The highest BCUT2D eigenvalue weighted by Crippen LogP contribution is 2.36. The molecule has 2 aliphatic heterocycles. The molecule has 5 rings (SSSR count). The fourth-order valence-corrected chi connectivity index (χ4v) is 4.69. The topological polar surface area (TPSA) is 106 Å². The van der Waals surface area contributed by atoms with Gasteiger partial charge in [-0.05, 0) is 18.9 Å². The molecule has 210 valence electrons. The smallest absolute Gasteiger partial charge is 0.377 e. The predicted octanol–water partition coefficient (Wildman–Crippen LogP) is 2.77. The summed E-state index contributed by atoms with van der Waals surface area (Å²) in [6.45, 7) is 3.27. The number of ether oxygens (including phenoxy) is 2. The molecule has 3 aromatic rings. The Kier molecular flexibility index (Phi) is 9.02. The summed E-state index contributed by atoms with van der Waals surface area (Å²) < 4.78 is 54.4. The lowest BCUT2D eigenvalue weighted by Crippen LogP contribution is -2.54. The maximum Gasteiger partial charge on any atom is 0.408 e. The zero-order chi connectivity index (χ0) is 28.0. The maximum atomic E-state index is 14.0. The average Bonchev–Trinajstić information content (AvgIpc) is 2.92. The van der Waals surface area contributed by atoms with Crippen LogP contribution in [0.25, 0.3) is 0 Å². The standard InChI is InChI=1S/C22H27F3N4O3.C4H4N2O/c1-15-14-32-11-10-27(15)19-12-20(30)28-9-8-18(22(23,24)25)29(21(28)26-19)13-17(31-2)16-6-4-3-5-7-16;7-4-1-2-5-3-6-4/h3-7,12,15,17-18H,8-11,13-14H2,1-2H3;1-3H,(H,5,6,7)/t15-,17-,18+;/m1./s1. The maximum absolute atomic E-state index is 14.0. The number of hydrogen-bond donors (Lipinski definition) is 1. The summed E-state index contributed by atoms with van der Waals surface area (Å²) in [5, 5.41) is 0. The van der Waals surface area contributed by atoms with Gasteiger partial charge in [0, 0.05) is 38.5 Å². The summed E-state index contributed by atoms with van der Waals surface area (Å²) in [7, 11) is 1.47. The van der Waals surface area contributed by atoms with Crippen LogP contribution in [0.15, 0.2) is 64.6 Å². The quantitative estimate of drug-likeness (QED) is 0.519. The predicted molar refractivity (Wildman–Crippen MR) is 139 cm³/mol. The Morgan fingerprint density at radius 3 is 2.54 bits per heavy atom. The van der Waals surface area contributed by atoms with Crippen molar-refractivity contribution in [3.05, 3.63) is 81.3 Å². The van der Waals surface area contributed by atoms with Crippen LogP contribution in [0.2, 0.25) is 0 Å². The van der Waals surface area contributed by atoms with Crippen LogP contribution in [0.1, 0.15) is 25.0 Å². The van der Waals surface area contributed by atoms with Gasteiger partial charge in [0.25, 0.3) is 11.1 Å². The van der Waals surface area contributed by atoms with Crippen LogP contribution in [0.4, 0.5) is 24.9 Å². The van der Waals surface area contributed by atoms with E-state index in [1.54, 1.807) is 0 Å².